The highest BCUT2D eigenvalue weighted by Crippen LogP contribution is 2.27. The Morgan fingerprint density at radius 2 is 1.30 bits per heavy atom. The van der Waals surface area contributed by atoms with Crippen LogP contribution in [0.15, 0.2) is 88.7 Å². The van der Waals surface area contributed by atoms with E-state index >= 15 is 0 Å². The molecular formula is C20H18O2S. The van der Waals surface area contributed by atoms with E-state index < -0.39 is 0 Å². The Morgan fingerprint density at radius 3 is 1.96 bits per heavy atom. The normalized spacial score (nSPS) is 10.3. The van der Waals surface area contributed by atoms with Gasteiger partial charge >= 0.3 is 0 Å². The van der Waals surface area contributed by atoms with Crippen molar-refractivity contribution in [3.05, 3.63) is 84.4 Å². The number of hydrogen-bond acceptors (Lipinski definition) is 3. The summed E-state index contributed by atoms with van der Waals surface area (Å²) >= 11 is 1.76. The molecule has 0 saturated heterocycles. The lowest BCUT2D eigenvalue weighted by Gasteiger charge is -2.08. The molecule has 0 bridgehead atoms. The second-order valence-corrected chi connectivity index (χ2v) is 6.17. The van der Waals surface area contributed by atoms with Gasteiger partial charge in [0.2, 0.25) is 0 Å². The molecular weight excluding hydrogens is 304 g/mol. The highest BCUT2D eigenvalue weighted by molar-refractivity contribution is 7.99. The van der Waals surface area contributed by atoms with Crippen LogP contribution in [0.25, 0.3) is 0 Å². The lowest BCUT2D eigenvalue weighted by molar-refractivity contribution is 0.305. The smallest absolute Gasteiger partial charge is 0.120 e. The van der Waals surface area contributed by atoms with Crippen LogP contribution in [0.2, 0.25) is 0 Å². The van der Waals surface area contributed by atoms with Crippen LogP contribution >= 0.6 is 11.8 Å². The van der Waals surface area contributed by atoms with E-state index in [0.717, 1.165) is 17.1 Å². The highest BCUT2D eigenvalue weighted by atomic mass is 32.2. The van der Waals surface area contributed by atoms with Crippen molar-refractivity contribution in [2.75, 3.05) is 7.11 Å². The third-order valence-corrected chi connectivity index (χ3v) is 4.38. The van der Waals surface area contributed by atoms with E-state index in [1.807, 2.05) is 30.3 Å². The molecule has 0 unspecified atom stereocenters. The maximum Gasteiger partial charge on any atom is 0.120 e. The number of hydrogen-bond donors (Lipinski definition) is 0. The van der Waals surface area contributed by atoms with Crippen LogP contribution in [0.3, 0.4) is 0 Å². The fourth-order valence-corrected chi connectivity index (χ4v) is 2.95. The summed E-state index contributed by atoms with van der Waals surface area (Å²) in [5.74, 6) is 1.67. The Kier molecular flexibility index (Phi) is 5.22. The number of benzene rings is 3. The van der Waals surface area contributed by atoms with Gasteiger partial charge in [0, 0.05) is 9.79 Å². The minimum Gasteiger partial charge on any atom is -0.497 e. The minimum absolute atomic E-state index is 0.558. The summed E-state index contributed by atoms with van der Waals surface area (Å²) in [6.07, 6.45) is 0. The molecule has 3 aromatic carbocycles. The van der Waals surface area contributed by atoms with E-state index in [1.165, 1.54) is 9.79 Å². The van der Waals surface area contributed by atoms with Crippen molar-refractivity contribution < 1.29 is 9.47 Å². The van der Waals surface area contributed by atoms with Crippen LogP contribution in [-0.2, 0) is 6.61 Å². The minimum atomic E-state index is 0.558. The topological polar surface area (TPSA) is 18.5 Å². The predicted octanol–water partition coefficient (Wildman–Crippen LogP) is 5.43. The van der Waals surface area contributed by atoms with Gasteiger partial charge in [-0.1, -0.05) is 42.1 Å². The summed E-state index contributed by atoms with van der Waals surface area (Å²) in [6, 6.07) is 26.5. The largest absolute Gasteiger partial charge is 0.497 e. The molecule has 3 heteroatoms. The van der Waals surface area contributed by atoms with Crippen LogP contribution in [0, 0.1) is 0 Å². The third-order valence-electron chi connectivity index (χ3n) is 3.37. The van der Waals surface area contributed by atoms with E-state index in [-0.39, 0.29) is 0 Å². The van der Waals surface area contributed by atoms with Gasteiger partial charge in [-0.25, -0.2) is 0 Å². The summed E-state index contributed by atoms with van der Waals surface area (Å²) in [6.45, 7) is 0.558. The van der Waals surface area contributed by atoms with Gasteiger partial charge in [-0.3, -0.25) is 0 Å². The zero-order valence-electron chi connectivity index (χ0n) is 12.9. The van der Waals surface area contributed by atoms with Gasteiger partial charge in [0.05, 0.1) is 7.11 Å². The van der Waals surface area contributed by atoms with E-state index in [9.17, 15) is 0 Å². The van der Waals surface area contributed by atoms with Crippen LogP contribution in [0.5, 0.6) is 11.5 Å². The Bertz CT molecular complexity index is 722. The first kappa shape index (κ1) is 15.5. The van der Waals surface area contributed by atoms with Crippen molar-refractivity contribution in [1.82, 2.24) is 0 Å². The lowest BCUT2D eigenvalue weighted by atomic mass is 10.2. The van der Waals surface area contributed by atoms with Gasteiger partial charge in [-0.15, -0.1) is 0 Å². The van der Waals surface area contributed by atoms with E-state index in [4.69, 9.17) is 9.47 Å². The molecule has 0 aromatic heterocycles. The van der Waals surface area contributed by atoms with E-state index in [0.29, 0.717) is 6.61 Å². The molecule has 0 N–H and O–H groups in total. The second kappa shape index (κ2) is 7.75. The summed E-state index contributed by atoms with van der Waals surface area (Å²) in [5, 5.41) is 0. The molecule has 0 aliphatic carbocycles. The molecule has 0 spiro atoms. The highest BCUT2D eigenvalue weighted by Gasteiger charge is 2.00. The number of methoxy groups -OCH3 is 1. The molecule has 0 saturated carbocycles. The first-order valence-electron chi connectivity index (χ1n) is 7.42. The van der Waals surface area contributed by atoms with Gasteiger partial charge in [-0.2, -0.15) is 0 Å². The molecule has 0 aliphatic heterocycles. The van der Waals surface area contributed by atoms with Crippen LogP contribution < -0.4 is 9.47 Å². The Labute approximate surface area is 141 Å². The molecule has 2 nitrogen and oxygen atoms in total. The quantitative estimate of drug-likeness (QED) is 0.603. The molecule has 0 fully saturated rings. The van der Waals surface area contributed by atoms with E-state index in [1.54, 1.807) is 18.9 Å². The zero-order valence-corrected chi connectivity index (χ0v) is 13.8. The van der Waals surface area contributed by atoms with Gasteiger partial charge in [0.1, 0.15) is 18.1 Å². The molecule has 0 radical (unpaired) electrons. The molecule has 0 atom stereocenters. The van der Waals surface area contributed by atoms with Crippen LogP contribution in [0.1, 0.15) is 5.56 Å². The van der Waals surface area contributed by atoms with Crippen molar-refractivity contribution in [2.45, 2.75) is 16.4 Å². The molecule has 116 valence electrons. The Morgan fingerprint density at radius 1 is 0.696 bits per heavy atom. The average Bonchev–Trinajstić information content (AvgIpc) is 2.62. The van der Waals surface area contributed by atoms with Crippen molar-refractivity contribution >= 4 is 11.8 Å². The van der Waals surface area contributed by atoms with Crippen molar-refractivity contribution in [1.29, 1.82) is 0 Å². The SMILES string of the molecule is COc1ccc(OCc2ccc(Sc3ccccc3)cc2)cc1. The molecule has 0 amide bonds. The molecule has 0 aliphatic rings. The second-order valence-electron chi connectivity index (χ2n) is 5.02. The first-order valence-corrected chi connectivity index (χ1v) is 8.24. The summed E-state index contributed by atoms with van der Waals surface area (Å²) in [7, 11) is 1.66. The van der Waals surface area contributed by atoms with Gasteiger partial charge < -0.3 is 9.47 Å². The fourth-order valence-electron chi connectivity index (χ4n) is 2.12. The maximum atomic E-state index is 5.79. The maximum absolute atomic E-state index is 5.79. The Balaban J connectivity index is 1.56. The summed E-state index contributed by atoms with van der Waals surface area (Å²) in [5.41, 5.74) is 1.15. The standard InChI is InChI=1S/C20H18O2S/c1-21-17-9-11-18(12-10-17)22-15-16-7-13-20(14-8-16)23-19-5-3-2-4-6-19/h2-14H,15H2,1H3. The monoisotopic (exact) mass is 322 g/mol. The van der Waals surface area contributed by atoms with Gasteiger partial charge in [0.25, 0.3) is 0 Å². The number of rotatable bonds is 6. The van der Waals surface area contributed by atoms with Gasteiger partial charge in [0.15, 0.2) is 0 Å². The van der Waals surface area contributed by atoms with Crippen molar-refractivity contribution in [3.8, 4) is 11.5 Å². The van der Waals surface area contributed by atoms with Crippen LogP contribution in [-0.4, -0.2) is 7.11 Å². The summed E-state index contributed by atoms with van der Waals surface area (Å²) < 4.78 is 10.9. The average molecular weight is 322 g/mol. The molecule has 23 heavy (non-hydrogen) atoms. The first-order chi connectivity index (χ1) is 11.3. The molecule has 0 heterocycles. The fraction of sp³-hybridized carbons (Fsp3) is 0.100. The van der Waals surface area contributed by atoms with Gasteiger partial charge in [-0.05, 0) is 54.1 Å². The van der Waals surface area contributed by atoms with Crippen molar-refractivity contribution in [3.63, 3.8) is 0 Å². The third kappa shape index (κ3) is 4.54. The molecule has 3 rings (SSSR count). The predicted molar refractivity (Wildman–Crippen MR) is 94.3 cm³/mol. The van der Waals surface area contributed by atoms with E-state index in [2.05, 4.69) is 48.5 Å². The molecule has 3 aromatic rings. The lowest BCUT2D eigenvalue weighted by Crippen LogP contribution is -1.95. The van der Waals surface area contributed by atoms with Crippen LogP contribution in [0.4, 0.5) is 0 Å². The number of ether oxygens (including phenoxy) is 2. The summed E-state index contributed by atoms with van der Waals surface area (Å²) in [4.78, 5) is 2.47. The zero-order chi connectivity index (χ0) is 15.9. The Hall–Kier alpha value is -2.39. The van der Waals surface area contributed by atoms with Crippen molar-refractivity contribution in [2.24, 2.45) is 0 Å².